The maximum absolute atomic E-state index is 12.5. The highest BCUT2D eigenvalue weighted by atomic mass is 16.2. The fraction of sp³-hybridized carbons (Fsp3) is 0.526. The maximum atomic E-state index is 12.5. The summed E-state index contributed by atoms with van der Waals surface area (Å²) in [7, 11) is 3.96. The molecule has 1 heterocycles. The zero-order valence-corrected chi connectivity index (χ0v) is 16.0. The topological polar surface area (TPSA) is 75.1 Å². The van der Waals surface area contributed by atoms with E-state index in [4.69, 9.17) is 0 Å². The van der Waals surface area contributed by atoms with Crippen molar-refractivity contribution in [3.05, 3.63) is 35.9 Å². The Morgan fingerprint density at radius 1 is 1.31 bits per heavy atom. The zero-order chi connectivity index (χ0) is 18.7. The van der Waals surface area contributed by atoms with Crippen LogP contribution in [0, 0.1) is 6.92 Å². The van der Waals surface area contributed by atoms with Crippen molar-refractivity contribution in [2.75, 3.05) is 24.3 Å². The molecule has 0 aliphatic heterocycles. The number of urea groups is 1. The number of aromatic nitrogens is 3. The maximum Gasteiger partial charge on any atom is 0.319 e. The van der Waals surface area contributed by atoms with Crippen LogP contribution >= 0.6 is 0 Å². The van der Waals surface area contributed by atoms with Crippen LogP contribution in [0.4, 0.5) is 16.2 Å². The Kier molecular flexibility index (Phi) is 5.44. The number of anilines is 2. The molecule has 2 N–H and O–H groups in total. The molecule has 1 atom stereocenters. The predicted molar refractivity (Wildman–Crippen MR) is 104 cm³/mol. The molecule has 3 rings (SSSR count). The Morgan fingerprint density at radius 2 is 2.04 bits per heavy atom. The van der Waals surface area contributed by atoms with Crippen molar-refractivity contribution in [2.24, 2.45) is 0 Å². The van der Waals surface area contributed by atoms with Crippen molar-refractivity contribution in [3.8, 4) is 0 Å². The van der Waals surface area contributed by atoms with Crippen LogP contribution in [-0.2, 0) is 0 Å². The van der Waals surface area contributed by atoms with Crippen LogP contribution in [-0.4, -0.2) is 34.9 Å². The van der Waals surface area contributed by atoms with Crippen LogP contribution in [0.3, 0.4) is 0 Å². The van der Waals surface area contributed by atoms with Gasteiger partial charge in [0.2, 0.25) is 0 Å². The summed E-state index contributed by atoms with van der Waals surface area (Å²) in [6.07, 6.45) is 6.57. The highest BCUT2D eigenvalue weighted by Crippen LogP contribution is 2.31. The second-order valence-corrected chi connectivity index (χ2v) is 7.25. The molecule has 0 radical (unpaired) electrons. The van der Waals surface area contributed by atoms with Gasteiger partial charge in [0.1, 0.15) is 6.33 Å². The fourth-order valence-corrected chi connectivity index (χ4v) is 3.47. The molecule has 1 saturated carbocycles. The summed E-state index contributed by atoms with van der Waals surface area (Å²) in [6, 6.07) is 6.01. The first-order valence-corrected chi connectivity index (χ1v) is 9.20. The van der Waals surface area contributed by atoms with Gasteiger partial charge in [-0.1, -0.05) is 18.9 Å². The molecule has 0 bridgehead atoms. The molecule has 7 nitrogen and oxygen atoms in total. The first kappa shape index (κ1) is 18.2. The quantitative estimate of drug-likeness (QED) is 0.857. The number of aryl methyl sites for hydroxylation is 1. The van der Waals surface area contributed by atoms with Gasteiger partial charge >= 0.3 is 6.03 Å². The molecular weight excluding hydrogens is 328 g/mol. The van der Waals surface area contributed by atoms with Crippen molar-refractivity contribution in [3.63, 3.8) is 0 Å². The summed E-state index contributed by atoms with van der Waals surface area (Å²) in [5.41, 5.74) is 2.87. The molecule has 7 heteroatoms. The van der Waals surface area contributed by atoms with Crippen molar-refractivity contribution in [1.82, 2.24) is 20.1 Å². The van der Waals surface area contributed by atoms with Crippen molar-refractivity contribution in [2.45, 2.75) is 51.6 Å². The number of benzene rings is 1. The molecule has 1 aliphatic carbocycles. The van der Waals surface area contributed by atoms with Gasteiger partial charge in [-0.3, -0.25) is 0 Å². The minimum Gasteiger partial charge on any atom is -0.378 e. The predicted octanol–water partition coefficient (Wildman–Crippen LogP) is 3.65. The van der Waals surface area contributed by atoms with Crippen molar-refractivity contribution >= 4 is 17.4 Å². The summed E-state index contributed by atoms with van der Waals surface area (Å²) in [6.45, 7) is 3.92. The molecule has 0 unspecified atom stereocenters. The number of nitrogens with one attached hydrogen (secondary N) is 2. The monoisotopic (exact) mass is 356 g/mol. The van der Waals surface area contributed by atoms with Crippen LogP contribution in [0.15, 0.2) is 24.5 Å². The summed E-state index contributed by atoms with van der Waals surface area (Å²) >= 11 is 0. The summed E-state index contributed by atoms with van der Waals surface area (Å²) in [4.78, 5) is 14.5. The molecule has 140 valence electrons. The number of hydrogen-bond donors (Lipinski definition) is 2. The minimum atomic E-state index is -0.238. The van der Waals surface area contributed by atoms with Crippen LogP contribution in [0.1, 0.15) is 56.1 Å². The second kappa shape index (κ2) is 7.76. The van der Waals surface area contributed by atoms with E-state index in [1.807, 2.05) is 51.0 Å². The van der Waals surface area contributed by atoms with E-state index in [0.29, 0.717) is 6.04 Å². The SMILES string of the molecule is Cc1ccc(N(C)C)cc1NC(=O)N[C@H](C)c1nncn1C1CCCC1. The molecule has 0 spiro atoms. The van der Waals surface area contributed by atoms with Gasteiger partial charge in [-0.25, -0.2) is 4.79 Å². The molecular formula is C19H28N6O. The van der Waals surface area contributed by atoms with Crippen LogP contribution in [0.5, 0.6) is 0 Å². The van der Waals surface area contributed by atoms with E-state index < -0.39 is 0 Å². The van der Waals surface area contributed by atoms with E-state index in [-0.39, 0.29) is 12.1 Å². The van der Waals surface area contributed by atoms with Crippen molar-refractivity contribution in [1.29, 1.82) is 0 Å². The number of hydrogen-bond acceptors (Lipinski definition) is 4. The lowest BCUT2D eigenvalue weighted by Gasteiger charge is -2.20. The third-order valence-corrected chi connectivity index (χ3v) is 5.04. The summed E-state index contributed by atoms with van der Waals surface area (Å²) in [5.74, 6) is 0.811. The van der Waals surface area contributed by atoms with E-state index in [0.717, 1.165) is 35.6 Å². The minimum absolute atomic E-state index is 0.213. The molecule has 26 heavy (non-hydrogen) atoms. The van der Waals surface area contributed by atoms with Crippen LogP contribution in [0.2, 0.25) is 0 Å². The van der Waals surface area contributed by atoms with E-state index >= 15 is 0 Å². The molecule has 1 aliphatic rings. The van der Waals surface area contributed by atoms with Gasteiger partial charge in [-0.2, -0.15) is 0 Å². The smallest absolute Gasteiger partial charge is 0.319 e. The Morgan fingerprint density at radius 3 is 2.73 bits per heavy atom. The Bertz CT molecular complexity index is 763. The molecule has 2 amide bonds. The lowest BCUT2D eigenvalue weighted by atomic mass is 10.1. The number of carbonyl (C=O) groups is 1. The number of rotatable bonds is 5. The third kappa shape index (κ3) is 3.98. The molecule has 1 fully saturated rings. The van der Waals surface area contributed by atoms with Crippen molar-refractivity contribution < 1.29 is 4.79 Å². The zero-order valence-electron chi connectivity index (χ0n) is 16.0. The van der Waals surface area contributed by atoms with Gasteiger partial charge in [0, 0.05) is 31.5 Å². The molecule has 2 aromatic rings. The highest BCUT2D eigenvalue weighted by molar-refractivity contribution is 5.91. The Balaban J connectivity index is 1.67. The summed E-state index contributed by atoms with van der Waals surface area (Å²) < 4.78 is 2.12. The normalized spacial score (nSPS) is 15.7. The Hall–Kier alpha value is -2.57. The lowest BCUT2D eigenvalue weighted by Crippen LogP contribution is -2.33. The molecule has 1 aromatic carbocycles. The van der Waals surface area contributed by atoms with Gasteiger partial charge < -0.3 is 20.1 Å². The average molecular weight is 356 g/mol. The largest absolute Gasteiger partial charge is 0.378 e. The van der Waals surface area contributed by atoms with Gasteiger partial charge in [-0.15, -0.1) is 10.2 Å². The van der Waals surface area contributed by atoms with E-state index in [9.17, 15) is 4.79 Å². The average Bonchev–Trinajstić information content (AvgIpc) is 3.27. The van der Waals surface area contributed by atoms with E-state index in [1.165, 1.54) is 12.8 Å². The van der Waals surface area contributed by atoms with Gasteiger partial charge in [-0.05, 0) is 44.4 Å². The van der Waals surface area contributed by atoms with Crippen LogP contribution in [0.25, 0.3) is 0 Å². The van der Waals surface area contributed by atoms with E-state index in [1.54, 1.807) is 6.33 Å². The summed E-state index contributed by atoms with van der Waals surface area (Å²) in [5, 5.41) is 14.2. The van der Waals surface area contributed by atoms with Crippen LogP contribution < -0.4 is 15.5 Å². The first-order valence-electron chi connectivity index (χ1n) is 9.20. The van der Waals surface area contributed by atoms with Gasteiger partial charge in [0.05, 0.1) is 6.04 Å². The van der Waals surface area contributed by atoms with Gasteiger partial charge in [0.15, 0.2) is 5.82 Å². The Labute approximate surface area is 154 Å². The number of amides is 2. The first-order chi connectivity index (χ1) is 12.5. The number of nitrogens with zero attached hydrogens (tertiary/aromatic N) is 4. The number of carbonyl (C=O) groups excluding carboxylic acids is 1. The van der Waals surface area contributed by atoms with Gasteiger partial charge in [0.25, 0.3) is 0 Å². The third-order valence-electron chi connectivity index (χ3n) is 5.04. The molecule has 0 saturated heterocycles. The fourth-order valence-electron chi connectivity index (χ4n) is 3.47. The lowest BCUT2D eigenvalue weighted by molar-refractivity contribution is 0.248. The van der Waals surface area contributed by atoms with E-state index in [2.05, 4.69) is 25.4 Å². The highest BCUT2D eigenvalue weighted by Gasteiger charge is 2.23. The standard InChI is InChI=1S/C19H28N6O/c1-13-9-10-16(24(3)4)11-17(13)22-19(26)21-14(2)18-23-20-12-25(18)15-7-5-6-8-15/h9-12,14-15H,5-8H2,1-4H3,(H2,21,22,26)/t14-/m1/s1. The molecule has 1 aromatic heterocycles. The second-order valence-electron chi connectivity index (χ2n) is 7.25.